The van der Waals surface area contributed by atoms with Crippen LogP contribution in [0.5, 0.6) is 0 Å². The maximum absolute atomic E-state index is 12.8. The third kappa shape index (κ3) is 5.01. The Labute approximate surface area is 167 Å². The number of rotatable bonds is 5. The average molecular weight is 389 g/mol. The molecule has 4 heterocycles. The van der Waals surface area contributed by atoms with Gasteiger partial charge in [0.15, 0.2) is 0 Å². The van der Waals surface area contributed by atoms with Crippen molar-refractivity contribution in [3.63, 3.8) is 0 Å². The number of hydrogen-bond donors (Lipinski definition) is 1. The van der Waals surface area contributed by atoms with E-state index in [9.17, 15) is 4.79 Å². The fourth-order valence-electron chi connectivity index (χ4n) is 4.37. The van der Waals surface area contributed by atoms with Crippen LogP contribution in [0.2, 0.25) is 0 Å². The number of amides is 1. The minimum Gasteiger partial charge on any atom is -0.379 e. The Kier molecular flexibility index (Phi) is 6.77. The van der Waals surface area contributed by atoms with Crippen LogP contribution in [0.15, 0.2) is 18.3 Å². The summed E-state index contributed by atoms with van der Waals surface area (Å²) in [6.45, 7) is 6.96. The van der Waals surface area contributed by atoms with E-state index in [1.54, 1.807) is 6.20 Å². The first-order chi connectivity index (χ1) is 13.8. The van der Waals surface area contributed by atoms with Gasteiger partial charge in [0.2, 0.25) is 0 Å². The van der Waals surface area contributed by atoms with Crippen LogP contribution in [-0.2, 0) is 9.47 Å². The summed E-state index contributed by atoms with van der Waals surface area (Å²) in [6.07, 6.45) is 7.54. The minimum atomic E-state index is 0.0927. The molecule has 3 fully saturated rings. The zero-order valence-electron chi connectivity index (χ0n) is 16.6. The van der Waals surface area contributed by atoms with Crippen molar-refractivity contribution in [1.29, 1.82) is 0 Å². The van der Waals surface area contributed by atoms with Crippen molar-refractivity contribution in [3.8, 4) is 0 Å². The molecule has 1 unspecified atom stereocenters. The third-order valence-electron chi connectivity index (χ3n) is 6.11. The number of nitrogens with zero attached hydrogens (tertiary/aromatic N) is 3. The standard InChI is InChI=1S/C21H32N4O3/c26-21(25-8-6-18(7-9-25)24-10-13-27-14-11-24)17-4-5-20(22-15-17)23-16-19-3-1-2-12-28-19/h4-5,15,18-19H,1-3,6-14,16H2,(H,22,23). The zero-order chi connectivity index (χ0) is 19.2. The van der Waals surface area contributed by atoms with Crippen LogP contribution in [0, 0.1) is 0 Å². The molecule has 7 heteroatoms. The predicted molar refractivity (Wildman–Crippen MR) is 108 cm³/mol. The van der Waals surface area contributed by atoms with Crippen molar-refractivity contribution in [3.05, 3.63) is 23.9 Å². The average Bonchev–Trinajstić information content (AvgIpc) is 2.79. The quantitative estimate of drug-likeness (QED) is 0.832. The second-order valence-electron chi connectivity index (χ2n) is 7.97. The molecular formula is C21H32N4O3. The van der Waals surface area contributed by atoms with Crippen molar-refractivity contribution in [2.24, 2.45) is 0 Å². The van der Waals surface area contributed by atoms with Gasteiger partial charge in [0.25, 0.3) is 5.91 Å². The van der Waals surface area contributed by atoms with E-state index in [2.05, 4.69) is 15.2 Å². The molecule has 4 rings (SSSR count). The lowest BCUT2D eigenvalue weighted by atomic mass is 10.0. The summed E-state index contributed by atoms with van der Waals surface area (Å²) >= 11 is 0. The Morgan fingerprint density at radius 3 is 2.57 bits per heavy atom. The predicted octanol–water partition coefficient (Wildman–Crippen LogP) is 2.00. The van der Waals surface area contributed by atoms with Crippen LogP contribution in [0.25, 0.3) is 0 Å². The maximum Gasteiger partial charge on any atom is 0.255 e. The number of pyridine rings is 1. The number of likely N-dealkylation sites (tertiary alicyclic amines) is 1. The third-order valence-corrected chi connectivity index (χ3v) is 6.11. The second kappa shape index (κ2) is 9.67. The maximum atomic E-state index is 12.8. The number of aromatic nitrogens is 1. The first-order valence-electron chi connectivity index (χ1n) is 10.7. The summed E-state index contributed by atoms with van der Waals surface area (Å²) in [5.41, 5.74) is 0.671. The SMILES string of the molecule is O=C(c1ccc(NCC2CCCCO2)nc1)N1CCC(N2CCOCC2)CC1. The molecule has 3 saturated heterocycles. The first-order valence-corrected chi connectivity index (χ1v) is 10.7. The van der Waals surface area contributed by atoms with Crippen LogP contribution in [0.1, 0.15) is 42.5 Å². The number of hydrogen-bond acceptors (Lipinski definition) is 6. The summed E-state index contributed by atoms with van der Waals surface area (Å²) in [6, 6.07) is 4.36. The monoisotopic (exact) mass is 388 g/mol. The molecule has 3 aliphatic heterocycles. The first kappa shape index (κ1) is 19.6. The van der Waals surface area contributed by atoms with Crippen molar-refractivity contribution in [2.75, 3.05) is 57.9 Å². The number of morpholine rings is 1. The number of ether oxygens (including phenoxy) is 2. The van der Waals surface area contributed by atoms with Gasteiger partial charge in [0.1, 0.15) is 5.82 Å². The van der Waals surface area contributed by atoms with Gasteiger partial charge >= 0.3 is 0 Å². The molecule has 1 aromatic rings. The van der Waals surface area contributed by atoms with Gasteiger partial charge in [-0.25, -0.2) is 4.98 Å². The minimum absolute atomic E-state index is 0.0927. The normalized spacial score (nSPS) is 24.9. The lowest BCUT2D eigenvalue weighted by molar-refractivity contribution is 0.00158. The van der Waals surface area contributed by atoms with E-state index < -0.39 is 0 Å². The smallest absolute Gasteiger partial charge is 0.255 e. The van der Waals surface area contributed by atoms with Gasteiger partial charge in [-0.2, -0.15) is 0 Å². The van der Waals surface area contributed by atoms with Gasteiger partial charge < -0.3 is 19.7 Å². The van der Waals surface area contributed by atoms with Crippen LogP contribution < -0.4 is 5.32 Å². The van der Waals surface area contributed by atoms with Crippen LogP contribution in [0.4, 0.5) is 5.82 Å². The Morgan fingerprint density at radius 2 is 1.89 bits per heavy atom. The molecule has 0 aromatic carbocycles. The number of nitrogens with one attached hydrogen (secondary N) is 1. The second-order valence-corrected chi connectivity index (χ2v) is 7.97. The lowest BCUT2D eigenvalue weighted by Crippen LogP contribution is -2.50. The highest BCUT2D eigenvalue weighted by Gasteiger charge is 2.28. The Bertz CT molecular complexity index is 619. The van der Waals surface area contributed by atoms with Gasteiger partial charge in [-0.3, -0.25) is 9.69 Å². The Balaban J connectivity index is 1.24. The molecule has 28 heavy (non-hydrogen) atoms. The molecular weight excluding hydrogens is 356 g/mol. The fourth-order valence-corrected chi connectivity index (χ4v) is 4.37. The summed E-state index contributed by atoms with van der Waals surface area (Å²) in [5.74, 6) is 0.895. The molecule has 1 N–H and O–H groups in total. The van der Waals surface area contributed by atoms with Gasteiger partial charge in [-0.05, 0) is 44.2 Å². The molecule has 0 spiro atoms. The van der Waals surface area contributed by atoms with E-state index in [-0.39, 0.29) is 12.0 Å². The van der Waals surface area contributed by atoms with Gasteiger partial charge in [-0.15, -0.1) is 0 Å². The van der Waals surface area contributed by atoms with Crippen LogP contribution in [0.3, 0.4) is 0 Å². The van der Waals surface area contributed by atoms with E-state index in [0.717, 1.165) is 84.0 Å². The Hall–Kier alpha value is -1.70. The van der Waals surface area contributed by atoms with Crippen LogP contribution >= 0.6 is 0 Å². The molecule has 7 nitrogen and oxygen atoms in total. The zero-order valence-corrected chi connectivity index (χ0v) is 16.6. The van der Waals surface area contributed by atoms with E-state index in [0.29, 0.717) is 11.6 Å². The molecule has 0 bridgehead atoms. The summed E-state index contributed by atoms with van der Waals surface area (Å²) in [5, 5.41) is 3.33. The lowest BCUT2D eigenvalue weighted by Gasteiger charge is -2.40. The van der Waals surface area contributed by atoms with Crippen LogP contribution in [-0.4, -0.2) is 85.4 Å². The highest BCUT2D eigenvalue weighted by Crippen LogP contribution is 2.20. The highest BCUT2D eigenvalue weighted by molar-refractivity contribution is 5.94. The molecule has 0 aliphatic carbocycles. The van der Waals surface area contributed by atoms with Gasteiger partial charge in [0.05, 0.1) is 24.9 Å². The molecule has 1 atom stereocenters. The summed E-state index contributed by atoms with van der Waals surface area (Å²) in [4.78, 5) is 21.7. The molecule has 0 radical (unpaired) electrons. The summed E-state index contributed by atoms with van der Waals surface area (Å²) < 4.78 is 11.2. The fraction of sp³-hybridized carbons (Fsp3) is 0.714. The van der Waals surface area contributed by atoms with E-state index in [1.807, 2.05) is 17.0 Å². The highest BCUT2D eigenvalue weighted by atomic mass is 16.5. The van der Waals surface area contributed by atoms with Crippen molar-refractivity contribution in [2.45, 2.75) is 44.2 Å². The number of piperidine rings is 1. The molecule has 154 valence electrons. The number of anilines is 1. The molecule has 0 saturated carbocycles. The molecule has 3 aliphatic rings. The van der Waals surface area contributed by atoms with Gasteiger partial charge in [0, 0.05) is 51.6 Å². The molecule has 1 aromatic heterocycles. The molecule has 1 amide bonds. The summed E-state index contributed by atoms with van der Waals surface area (Å²) in [7, 11) is 0. The van der Waals surface area contributed by atoms with Crippen molar-refractivity contribution in [1.82, 2.24) is 14.8 Å². The topological polar surface area (TPSA) is 66.9 Å². The largest absolute Gasteiger partial charge is 0.379 e. The van der Waals surface area contributed by atoms with Crippen molar-refractivity contribution < 1.29 is 14.3 Å². The van der Waals surface area contributed by atoms with E-state index in [1.165, 1.54) is 6.42 Å². The Morgan fingerprint density at radius 1 is 1.07 bits per heavy atom. The van der Waals surface area contributed by atoms with E-state index >= 15 is 0 Å². The van der Waals surface area contributed by atoms with E-state index in [4.69, 9.17) is 9.47 Å². The van der Waals surface area contributed by atoms with Crippen molar-refractivity contribution >= 4 is 11.7 Å². The number of carbonyl (C=O) groups excluding carboxylic acids is 1. The number of carbonyl (C=O) groups is 1. The van der Waals surface area contributed by atoms with Gasteiger partial charge in [-0.1, -0.05) is 0 Å².